The van der Waals surface area contributed by atoms with E-state index in [1.165, 1.54) is 31.5 Å². The number of aryl methyl sites for hydroxylation is 1. The second-order valence-electron chi connectivity index (χ2n) is 7.33. The summed E-state index contributed by atoms with van der Waals surface area (Å²) in [6, 6.07) is 16.4. The molecule has 4 rings (SSSR count). The molecule has 3 aromatic carbocycles. The molecule has 8 nitrogen and oxygen atoms in total. The van der Waals surface area contributed by atoms with Crippen molar-refractivity contribution >= 4 is 56.0 Å². The Balaban J connectivity index is 1.59. The number of allylic oxidation sites excluding steroid dienone is 1. The van der Waals surface area contributed by atoms with E-state index >= 15 is 0 Å². The lowest BCUT2D eigenvalue weighted by Gasteiger charge is -2.13. The largest absolute Gasteiger partial charge is 0.495 e. The number of rotatable bonds is 8. The van der Waals surface area contributed by atoms with Gasteiger partial charge in [0.2, 0.25) is 5.89 Å². The maximum atomic E-state index is 12.8. The van der Waals surface area contributed by atoms with E-state index < -0.39 is 10.0 Å². The Kier molecular flexibility index (Phi) is 6.58. The molecule has 0 aliphatic carbocycles. The lowest BCUT2D eigenvalue weighted by molar-refractivity contribution is -0.103. The quantitative estimate of drug-likeness (QED) is 0.252. The minimum Gasteiger partial charge on any atom is -0.495 e. The number of fused-ring (bicyclic) bond motifs is 1. The molecule has 1 aromatic heterocycles. The van der Waals surface area contributed by atoms with E-state index in [0.717, 1.165) is 5.56 Å². The molecule has 0 saturated heterocycles. The van der Waals surface area contributed by atoms with Crippen molar-refractivity contribution in [1.82, 2.24) is 4.98 Å². The van der Waals surface area contributed by atoms with E-state index in [4.69, 9.17) is 20.8 Å². The molecule has 34 heavy (non-hydrogen) atoms. The van der Waals surface area contributed by atoms with E-state index in [9.17, 15) is 13.2 Å². The zero-order valence-electron chi connectivity index (χ0n) is 18.2. The number of ether oxygens (including phenoxy) is 1. The number of halogens is 1. The van der Waals surface area contributed by atoms with Gasteiger partial charge in [-0.1, -0.05) is 23.7 Å². The molecule has 0 saturated carbocycles. The maximum absolute atomic E-state index is 12.8. The number of hydrogen-bond acceptors (Lipinski definition) is 7. The van der Waals surface area contributed by atoms with Crippen molar-refractivity contribution in [3.8, 4) is 5.75 Å². The van der Waals surface area contributed by atoms with Gasteiger partial charge in [0.1, 0.15) is 11.3 Å². The number of carbonyl (C=O) groups is 1. The summed E-state index contributed by atoms with van der Waals surface area (Å²) >= 11 is 5.97. The van der Waals surface area contributed by atoms with Crippen molar-refractivity contribution in [2.24, 2.45) is 0 Å². The fraction of sp³-hybridized carbons (Fsp3) is 0.0833. The summed E-state index contributed by atoms with van der Waals surface area (Å²) in [7, 11) is -2.43. The molecule has 0 aliphatic rings. The monoisotopic (exact) mass is 497 g/mol. The molecule has 0 amide bonds. The van der Waals surface area contributed by atoms with Crippen molar-refractivity contribution in [3.05, 3.63) is 83.3 Å². The number of carbonyl (C=O) groups excluding carboxylic acids is 1. The average Bonchev–Trinajstić information content (AvgIpc) is 3.22. The van der Waals surface area contributed by atoms with Crippen LogP contribution in [-0.2, 0) is 14.8 Å². The molecular formula is C24H20ClN3O5S. The van der Waals surface area contributed by atoms with E-state index in [-0.39, 0.29) is 22.1 Å². The van der Waals surface area contributed by atoms with Gasteiger partial charge in [0.15, 0.2) is 11.9 Å². The molecule has 1 heterocycles. The van der Waals surface area contributed by atoms with Crippen LogP contribution in [0.15, 0.2) is 76.2 Å². The van der Waals surface area contributed by atoms with Crippen LogP contribution in [0.3, 0.4) is 0 Å². The van der Waals surface area contributed by atoms with Crippen molar-refractivity contribution in [3.63, 3.8) is 0 Å². The predicted molar refractivity (Wildman–Crippen MR) is 132 cm³/mol. The molecule has 0 aliphatic heterocycles. The fourth-order valence-corrected chi connectivity index (χ4v) is 4.44. The number of anilines is 2. The Morgan fingerprint density at radius 1 is 1.12 bits per heavy atom. The normalized spacial score (nSPS) is 11.9. The van der Waals surface area contributed by atoms with Gasteiger partial charge in [-0.3, -0.25) is 9.52 Å². The van der Waals surface area contributed by atoms with E-state index in [2.05, 4.69) is 15.0 Å². The van der Waals surface area contributed by atoms with Gasteiger partial charge in [-0.25, -0.2) is 13.4 Å². The first-order valence-corrected chi connectivity index (χ1v) is 11.9. The summed E-state index contributed by atoms with van der Waals surface area (Å²) in [5.41, 5.74) is 2.98. The van der Waals surface area contributed by atoms with Crippen LogP contribution in [0.5, 0.6) is 5.75 Å². The van der Waals surface area contributed by atoms with Crippen molar-refractivity contribution in [2.45, 2.75) is 11.8 Å². The Morgan fingerprint density at radius 2 is 1.94 bits per heavy atom. The Hall–Kier alpha value is -3.82. The molecule has 0 fully saturated rings. The van der Waals surface area contributed by atoms with Crippen LogP contribution >= 0.6 is 11.6 Å². The number of methoxy groups -OCH3 is 1. The standard InChI is InChI=1S/C24H20ClN3O5S/c1-15-4-3-5-18(10-15)28-34(30,31)19-7-8-20(23(12-19)32-2)26-13-16(14-29)24-27-21-11-17(25)6-9-22(21)33-24/h3-14,26,28H,1-2H3/b16-13-. The van der Waals surface area contributed by atoms with E-state index in [1.807, 2.05) is 13.0 Å². The lowest BCUT2D eigenvalue weighted by Crippen LogP contribution is -2.13. The summed E-state index contributed by atoms with van der Waals surface area (Å²) in [5.74, 6) is 0.373. The summed E-state index contributed by atoms with van der Waals surface area (Å²) in [6.07, 6.45) is 1.99. The minimum absolute atomic E-state index is 0.0202. The number of oxazole rings is 1. The van der Waals surface area contributed by atoms with Crippen LogP contribution in [0.1, 0.15) is 11.5 Å². The van der Waals surface area contributed by atoms with Gasteiger partial charge < -0.3 is 14.5 Å². The van der Waals surface area contributed by atoms with Gasteiger partial charge >= 0.3 is 0 Å². The molecule has 174 valence electrons. The summed E-state index contributed by atoms with van der Waals surface area (Å²) in [5, 5.41) is 3.44. The van der Waals surface area contributed by atoms with E-state index in [1.54, 1.807) is 36.4 Å². The number of hydrogen-bond donors (Lipinski definition) is 2. The Bertz CT molecular complexity index is 1510. The van der Waals surface area contributed by atoms with Crippen molar-refractivity contribution < 1.29 is 22.4 Å². The van der Waals surface area contributed by atoms with Crippen LogP contribution in [0.4, 0.5) is 11.4 Å². The molecule has 2 N–H and O–H groups in total. The third kappa shape index (κ3) is 5.05. The number of aldehydes is 1. The van der Waals surface area contributed by atoms with Gasteiger partial charge in [-0.2, -0.15) is 0 Å². The molecule has 0 radical (unpaired) electrons. The predicted octanol–water partition coefficient (Wildman–Crippen LogP) is 5.25. The van der Waals surface area contributed by atoms with Gasteiger partial charge in [-0.15, -0.1) is 0 Å². The molecular weight excluding hydrogens is 478 g/mol. The van der Waals surface area contributed by atoms with Gasteiger partial charge in [0.25, 0.3) is 10.0 Å². The second-order valence-corrected chi connectivity index (χ2v) is 9.45. The highest BCUT2D eigenvalue weighted by Gasteiger charge is 2.17. The van der Waals surface area contributed by atoms with Crippen LogP contribution < -0.4 is 14.8 Å². The third-order valence-electron chi connectivity index (χ3n) is 4.86. The van der Waals surface area contributed by atoms with Crippen LogP contribution in [-0.4, -0.2) is 26.8 Å². The topological polar surface area (TPSA) is 111 Å². The minimum atomic E-state index is -3.84. The molecule has 0 atom stereocenters. The Morgan fingerprint density at radius 3 is 2.68 bits per heavy atom. The van der Waals surface area contributed by atoms with Crippen molar-refractivity contribution in [2.75, 3.05) is 17.1 Å². The molecule has 10 heteroatoms. The number of sulfonamides is 1. The van der Waals surface area contributed by atoms with Crippen LogP contribution in [0, 0.1) is 6.92 Å². The summed E-state index contributed by atoms with van der Waals surface area (Å²) < 4.78 is 39.2. The lowest BCUT2D eigenvalue weighted by atomic mass is 10.2. The van der Waals surface area contributed by atoms with E-state index in [0.29, 0.717) is 33.8 Å². The first kappa shape index (κ1) is 23.3. The number of nitrogens with one attached hydrogen (secondary N) is 2. The van der Waals surface area contributed by atoms with Gasteiger partial charge in [-0.05, 0) is 55.0 Å². The Labute approximate surface area is 201 Å². The van der Waals surface area contributed by atoms with Crippen LogP contribution in [0.2, 0.25) is 5.02 Å². The zero-order chi connectivity index (χ0) is 24.3. The van der Waals surface area contributed by atoms with Gasteiger partial charge in [0.05, 0.1) is 23.3 Å². The highest BCUT2D eigenvalue weighted by Crippen LogP contribution is 2.30. The third-order valence-corrected chi connectivity index (χ3v) is 6.47. The molecule has 0 bridgehead atoms. The van der Waals surface area contributed by atoms with Gasteiger partial charge in [0, 0.05) is 23.0 Å². The summed E-state index contributed by atoms with van der Waals surface area (Å²) in [6.45, 7) is 1.87. The first-order chi connectivity index (χ1) is 16.3. The highest BCUT2D eigenvalue weighted by atomic mass is 35.5. The highest BCUT2D eigenvalue weighted by molar-refractivity contribution is 7.92. The average molecular weight is 498 g/mol. The maximum Gasteiger partial charge on any atom is 0.262 e. The zero-order valence-corrected chi connectivity index (χ0v) is 19.8. The SMILES string of the molecule is COc1cc(S(=O)(=O)Nc2cccc(C)c2)ccc1N/C=C(/C=O)c1nc2cc(Cl)ccc2o1. The first-order valence-electron chi connectivity index (χ1n) is 10.0. The smallest absolute Gasteiger partial charge is 0.262 e. The number of nitrogens with zero attached hydrogens (tertiary/aromatic N) is 1. The molecule has 4 aromatic rings. The fourth-order valence-electron chi connectivity index (χ4n) is 3.21. The summed E-state index contributed by atoms with van der Waals surface area (Å²) in [4.78, 5) is 16.0. The number of benzene rings is 3. The number of aromatic nitrogens is 1. The molecule has 0 spiro atoms. The molecule has 0 unspecified atom stereocenters. The van der Waals surface area contributed by atoms with Crippen LogP contribution in [0.25, 0.3) is 16.7 Å². The second kappa shape index (κ2) is 9.58. The van der Waals surface area contributed by atoms with Crippen molar-refractivity contribution in [1.29, 1.82) is 0 Å².